The number of hydrogen-bond donors (Lipinski definition) is 2. The predicted molar refractivity (Wildman–Crippen MR) is 107 cm³/mol. The van der Waals surface area contributed by atoms with Crippen LogP contribution in [-0.2, 0) is 11.8 Å². The second-order valence-electron chi connectivity index (χ2n) is 7.77. The number of carbonyl (C=O) groups is 1. The third-order valence-electron chi connectivity index (χ3n) is 5.16. The highest BCUT2D eigenvalue weighted by molar-refractivity contribution is 5.97. The topological polar surface area (TPSA) is 92.9 Å². The van der Waals surface area contributed by atoms with E-state index in [9.17, 15) is 9.90 Å². The largest absolute Gasteiger partial charge is 0.393 e. The summed E-state index contributed by atoms with van der Waals surface area (Å²) >= 11 is 0. The first-order valence-electron chi connectivity index (χ1n) is 9.40. The zero-order chi connectivity index (χ0) is 20.3. The van der Waals surface area contributed by atoms with Gasteiger partial charge in [0.15, 0.2) is 17.0 Å². The summed E-state index contributed by atoms with van der Waals surface area (Å²) < 4.78 is 1.80. The van der Waals surface area contributed by atoms with E-state index in [4.69, 9.17) is 0 Å². The molecule has 0 radical (unpaired) electrons. The van der Waals surface area contributed by atoms with E-state index in [2.05, 4.69) is 33.8 Å². The van der Waals surface area contributed by atoms with Crippen molar-refractivity contribution in [1.29, 1.82) is 0 Å². The van der Waals surface area contributed by atoms with Crippen molar-refractivity contribution >= 4 is 22.9 Å². The average molecular weight is 374 g/mol. The van der Waals surface area contributed by atoms with Gasteiger partial charge in [-0.2, -0.15) is 0 Å². The minimum Gasteiger partial charge on any atom is -0.393 e. The Labute approximate surface area is 160 Å². The summed E-state index contributed by atoms with van der Waals surface area (Å²) in [5, 5.41) is 12.6. The predicted octanol–water partition coefficient (Wildman–Crippen LogP) is 3.24. The monoisotopic (exact) mass is 373 g/mol. The third-order valence-corrected chi connectivity index (χ3v) is 5.16. The van der Waals surface area contributed by atoms with Crippen molar-refractivity contribution in [3.05, 3.63) is 24.3 Å². The summed E-state index contributed by atoms with van der Waals surface area (Å²) in [7, 11) is 1.86. The van der Waals surface area contributed by atoms with Crippen LogP contribution in [0.3, 0.4) is 0 Å². The maximum Gasteiger partial charge on any atom is 0.228 e. The minimum atomic E-state index is -0.385. The van der Waals surface area contributed by atoms with Crippen LogP contribution in [0.5, 0.6) is 0 Å². The molecule has 4 unspecified atom stereocenters. The lowest BCUT2D eigenvalue weighted by Gasteiger charge is -2.26. The summed E-state index contributed by atoms with van der Waals surface area (Å²) in [5.74, 6) is 1.05. The van der Waals surface area contributed by atoms with Gasteiger partial charge >= 0.3 is 0 Å². The molecule has 1 amide bonds. The Bertz CT molecular complexity index is 827. The molecule has 2 heterocycles. The highest BCUT2D eigenvalue weighted by atomic mass is 16.3. The summed E-state index contributed by atoms with van der Waals surface area (Å²) in [6.07, 6.45) is 2.74. The molecule has 0 aliphatic carbocycles. The number of amides is 1. The lowest BCUT2D eigenvalue weighted by molar-refractivity contribution is -0.120. The number of hydrogen-bond acceptors (Lipinski definition) is 5. The van der Waals surface area contributed by atoms with E-state index in [-0.39, 0.29) is 29.8 Å². The number of fused-ring (bicyclic) bond motifs is 1. The summed E-state index contributed by atoms with van der Waals surface area (Å²) in [6.45, 7) is 13.6. The Morgan fingerprint density at radius 2 is 1.96 bits per heavy atom. The lowest BCUT2D eigenvalue weighted by Crippen LogP contribution is -2.28. The number of aryl methyl sites for hydroxylation is 2. The van der Waals surface area contributed by atoms with E-state index in [1.165, 1.54) is 0 Å². The molecule has 7 heteroatoms. The maximum absolute atomic E-state index is 12.8. The molecule has 148 valence electrons. The van der Waals surface area contributed by atoms with Gasteiger partial charge in [0.25, 0.3) is 0 Å². The van der Waals surface area contributed by atoms with Gasteiger partial charge in [-0.05, 0) is 45.4 Å². The van der Waals surface area contributed by atoms with E-state index >= 15 is 0 Å². The zero-order valence-corrected chi connectivity index (χ0v) is 17.2. The molecule has 0 aromatic carbocycles. The third kappa shape index (κ3) is 5.13. The summed E-state index contributed by atoms with van der Waals surface area (Å²) in [6, 6.07) is 0. The first-order chi connectivity index (χ1) is 12.6. The Hall–Kier alpha value is -2.28. The quantitative estimate of drug-likeness (QED) is 0.693. The minimum absolute atomic E-state index is 0.0925. The second kappa shape index (κ2) is 8.61. The van der Waals surface area contributed by atoms with Crippen molar-refractivity contribution in [3.63, 3.8) is 0 Å². The van der Waals surface area contributed by atoms with Crippen LogP contribution >= 0.6 is 0 Å². The molecule has 0 saturated carbocycles. The van der Waals surface area contributed by atoms with Crippen molar-refractivity contribution in [2.45, 2.75) is 53.6 Å². The van der Waals surface area contributed by atoms with Crippen LogP contribution in [0.4, 0.5) is 5.82 Å². The van der Waals surface area contributed by atoms with Crippen LogP contribution in [0.2, 0.25) is 0 Å². The molecule has 2 N–H and O–H groups in total. The molecule has 2 rings (SSSR count). The van der Waals surface area contributed by atoms with Crippen molar-refractivity contribution in [1.82, 2.24) is 19.5 Å². The number of aliphatic hydroxyl groups is 1. The van der Waals surface area contributed by atoms with Crippen molar-refractivity contribution < 1.29 is 9.90 Å². The van der Waals surface area contributed by atoms with E-state index in [1.54, 1.807) is 24.7 Å². The lowest BCUT2D eigenvalue weighted by atomic mass is 9.81. The van der Waals surface area contributed by atoms with Crippen LogP contribution in [0.1, 0.15) is 46.4 Å². The van der Waals surface area contributed by atoms with Gasteiger partial charge in [-0.15, -0.1) is 0 Å². The number of anilines is 1. The Morgan fingerprint density at radius 3 is 2.56 bits per heavy atom. The first-order valence-corrected chi connectivity index (χ1v) is 9.40. The summed E-state index contributed by atoms with van der Waals surface area (Å²) in [5.41, 5.74) is 2.32. The Morgan fingerprint density at radius 1 is 1.30 bits per heavy atom. The number of nitrogens with zero attached hydrogens (tertiary/aromatic N) is 4. The SMILES string of the molecule is C=C(C)C(CC(C)O)CC(C)C(C)C(=O)Nc1nc(C)nc2c1ncn2C. The number of allylic oxidation sites excluding steroid dienone is 1. The van der Waals surface area contributed by atoms with Gasteiger partial charge in [0.2, 0.25) is 5.91 Å². The molecule has 0 bridgehead atoms. The van der Waals surface area contributed by atoms with Gasteiger partial charge in [0.05, 0.1) is 12.4 Å². The fourth-order valence-corrected chi connectivity index (χ4v) is 3.26. The molecule has 0 spiro atoms. The number of nitrogens with one attached hydrogen (secondary N) is 1. The zero-order valence-electron chi connectivity index (χ0n) is 17.2. The normalized spacial score (nSPS) is 16.0. The van der Waals surface area contributed by atoms with Gasteiger partial charge in [0, 0.05) is 13.0 Å². The highest BCUT2D eigenvalue weighted by Gasteiger charge is 2.25. The summed E-state index contributed by atoms with van der Waals surface area (Å²) in [4.78, 5) is 25.8. The highest BCUT2D eigenvalue weighted by Crippen LogP contribution is 2.29. The molecular formula is C20H31N5O2. The number of aliphatic hydroxyl groups excluding tert-OH is 1. The maximum atomic E-state index is 12.8. The average Bonchev–Trinajstić information content (AvgIpc) is 2.94. The van der Waals surface area contributed by atoms with E-state index < -0.39 is 0 Å². The van der Waals surface area contributed by atoms with E-state index in [1.807, 2.05) is 20.9 Å². The molecule has 7 nitrogen and oxygen atoms in total. The van der Waals surface area contributed by atoms with Gasteiger partial charge in [-0.25, -0.2) is 15.0 Å². The van der Waals surface area contributed by atoms with Crippen molar-refractivity contribution in [2.75, 3.05) is 5.32 Å². The standard InChI is InChI=1S/C20H31N5O2/c1-11(2)16(9-13(4)26)8-12(3)14(5)20(27)24-18-17-19(23-15(6)22-18)25(7)10-21-17/h10,12-14,16,26H,1,8-9H2,2-7H3,(H,22,23,24,27). The molecule has 0 aliphatic heterocycles. The molecule has 27 heavy (non-hydrogen) atoms. The number of imidazole rings is 1. The van der Waals surface area contributed by atoms with Crippen LogP contribution in [0.25, 0.3) is 11.2 Å². The molecule has 2 aromatic rings. The molecule has 2 aromatic heterocycles. The number of carbonyl (C=O) groups excluding carboxylic acids is 1. The van der Waals surface area contributed by atoms with Gasteiger partial charge < -0.3 is 15.0 Å². The molecule has 0 saturated heterocycles. The number of aromatic nitrogens is 4. The van der Waals surface area contributed by atoms with Gasteiger partial charge in [-0.3, -0.25) is 4.79 Å². The Balaban J connectivity index is 2.12. The number of rotatable bonds is 8. The van der Waals surface area contributed by atoms with E-state index in [0.29, 0.717) is 29.2 Å². The van der Waals surface area contributed by atoms with Crippen LogP contribution in [-0.4, -0.2) is 36.6 Å². The van der Waals surface area contributed by atoms with Gasteiger partial charge in [0.1, 0.15) is 5.82 Å². The van der Waals surface area contributed by atoms with Crippen LogP contribution in [0.15, 0.2) is 18.5 Å². The van der Waals surface area contributed by atoms with E-state index in [0.717, 1.165) is 12.0 Å². The van der Waals surface area contributed by atoms with Crippen LogP contribution < -0.4 is 5.32 Å². The second-order valence-corrected chi connectivity index (χ2v) is 7.77. The van der Waals surface area contributed by atoms with Gasteiger partial charge in [-0.1, -0.05) is 26.0 Å². The molecule has 0 aliphatic rings. The van der Waals surface area contributed by atoms with Crippen molar-refractivity contribution in [2.24, 2.45) is 24.8 Å². The smallest absolute Gasteiger partial charge is 0.228 e. The van der Waals surface area contributed by atoms with Crippen molar-refractivity contribution in [3.8, 4) is 0 Å². The molecule has 4 atom stereocenters. The fraction of sp³-hybridized carbons (Fsp3) is 0.600. The van der Waals surface area contributed by atoms with Crippen LogP contribution in [0, 0.1) is 24.7 Å². The fourth-order valence-electron chi connectivity index (χ4n) is 3.26. The molecular weight excluding hydrogens is 342 g/mol. The Kier molecular flexibility index (Phi) is 6.70. The molecule has 0 fully saturated rings. The first kappa shape index (κ1) is 21.0.